The van der Waals surface area contributed by atoms with Gasteiger partial charge < -0.3 is 5.32 Å². The topological polar surface area (TPSA) is 50.7 Å². The minimum Gasteiger partial charge on any atom is -0.307 e. The summed E-state index contributed by atoms with van der Waals surface area (Å²) in [6, 6.07) is 8.16. The molecule has 3 rings (SSSR count). The van der Waals surface area contributed by atoms with E-state index in [1.807, 2.05) is 31.2 Å². The number of nitrogens with one attached hydrogen (secondary N) is 1. The third-order valence-electron chi connectivity index (χ3n) is 3.17. The van der Waals surface area contributed by atoms with Crippen molar-refractivity contribution in [2.75, 3.05) is 6.54 Å². The highest BCUT2D eigenvalue weighted by molar-refractivity contribution is 5.53. The van der Waals surface area contributed by atoms with Crippen molar-refractivity contribution in [3.63, 3.8) is 0 Å². The summed E-state index contributed by atoms with van der Waals surface area (Å²) in [5.41, 5.74) is 2.81. The molecular weight excluding hydrogens is 224 g/mol. The van der Waals surface area contributed by atoms with E-state index in [2.05, 4.69) is 20.3 Å². The Balaban J connectivity index is 2.00. The molecule has 1 fully saturated rings. The van der Waals surface area contributed by atoms with E-state index >= 15 is 0 Å². The summed E-state index contributed by atoms with van der Waals surface area (Å²) in [6.45, 7) is 3.06. The van der Waals surface area contributed by atoms with Crippen molar-refractivity contribution in [2.24, 2.45) is 0 Å². The third-order valence-corrected chi connectivity index (χ3v) is 3.17. The monoisotopic (exact) mass is 240 g/mol. The first kappa shape index (κ1) is 11.3. The molecule has 1 N–H and O–H groups in total. The Morgan fingerprint density at radius 1 is 1.22 bits per heavy atom. The minimum atomic E-state index is 0.298. The number of hydrogen-bond acceptors (Lipinski definition) is 4. The summed E-state index contributed by atoms with van der Waals surface area (Å²) in [5, 5.41) is 3.43. The molecule has 1 aliphatic rings. The standard InChI is InChI=1S/C14H16N4/c1-10-9-13(11-5-2-3-7-15-11)18-14(17-10)12-6-4-8-16-12/h2-3,5,7,9,12,16H,4,6,8H2,1H3. The van der Waals surface area contributed by atoms with Gasteiger partial charge in [-0.2, -0.15) is 0 Å². The van der Waals surface area contributed by atoms with Gasteiger partial charge in [-0.15, -0.1) is 0 Å². The van der Waals surface area contributed by atoms with Gasteiger partial charge in [-0.05, 0) is 44.5 Å². The maximum Gasteiger partial charge on any atom is 0.146 e. The van der Waals surface area contributed by atoms with E-state index < -0.39 is 0 Å². The normalized spacial score (nSPS) is 19.1. The second-order valence-electron chi connectivity index (χ2n) is 4.62. The predicted molar refractivity (Wildman–Crippen MR) is 70.0 cm³/mol. The number of rotatable bonds is 2. The van der Waals surface area contributed by atoms with Gasteiger partial charge in [0.2, 0.25) is 0 Å². The van der Waals surface area contributed by atoms with Crippen LogP contribution in [0.3, 0.4) is 0 Å². The van der Waals surface area contributed by atoms with Gasteiger partial charge in [0.05, 0.1) is 17.4 Å². The van der Waals surface area contributed by atoms with E-state index in [1.54, 1.807) is 6.20 Å². The molecule has 92 valence electrons. The van der Waals surface area contributed by atoms with Crippen LogP contribution >= 0.6 is 0 Å². The van der Waals surface area contributed by atoms with Crippen LogP contribution in [0.1, 0.15) is 30.4 Å². The number of aromatic nitrogens is 3. The van der Waals surface area contributed by atoms with Gasteiger partial charge in [-0.1, -0.05) is 6.07 Å². The zero-order chi connectivity index (χ0) is 12.4. The average Bonchev–Trinajstić information content (AvgIpc) is 2.93. The van der Waals surface area contributed by atoms with E-state index in [0.29, 0.717) is 6.04 Å². The molecule has 0 spiro atoms. The van der Waals surface area contributed by atoms with Crippen LogP contribution in [0, 0.1) is 6.92 Å². The Hall–Kier alpha value is -1.81. The van der Waals surface area contributed by atoms with Crippen LogP contribution in [0.2, 0.25) is 0 Å². The van der Waals surface area contributed by atoms with Gasteiger partial charge in [0.1, 0.15) is 5.82 Å². The third kappa shape index (κ3) is 2.24. The molecular formula is C14H16N4. The van der Waals surface area contributed by atoms with E-state index in [0.717, 1.165) is 35.9 Å². The molecule has 1 unspecified atom stereocenters. The lowest BCUT2D eigenvalue weighted by atomic mass is 10.2. The van der Waals surface area contributed by atoms with Crippen molar-refractivity contribution < 1.29 is 0 Å². The lowest BCUT2D eigenvalue weighted by Gasteiger charge is -2.11. The summed E-state index contributed by atoms with van der Waals surface area (Å²) in [5.74, 6) is 0.896. The molecule has 0 bridgehead atoms. The molecule has 2 aromatic heterocycles. The Labute approximate surface area is 107 Å². The first-order chi connectivity index (χ1) is 8.83. The Kier molecular flexibility index (Phi) is 3.02. The second-order valence-corrected chi connectivity index (χ2v) is 4.62. The number of nitrogens with zero attached hydrogens (tertiary/aromatic N) is 3. The van der Waals surface area contributed by atoms with Gasteiger partial charge in [-0.3, -0.25) is 4.98 Å². The lowest BCUT2D eigenvalue weighted by Crippen LogP contribution is -2.16. The van der Waals surface area contributed by atoms with E-state index in [-0.39, 0.29) is 0 Å². The van der Waals surface area contributed by atoms with Gasteiger partial charge in [0, 0.05) is 11.9 Å². The van der Waals surface area contributed by atoms with E-state index in [1.165, 1.54) is 6.42 Å². The Morgan fingerprint density at radius 2 is 2.17 bits per heavy atom. The quantitative estimate of drug-likeness (QED) is 0.875. The van der Waals surface area contributed by atoms with Crippen LogP contribution in [0.15, 0.2) is 30.5 Å². The van der Waals surface area contributed by atoms with Gasteiger partial charge in [0.25, 0.3) is 0 Å². The summed E-state index contributed by atoms with van der Waals surface area (Å²) in [7, 11) is 0. The van der Waals surface area contributed by atoms with Gasteiger partial charge in [-0.25, -0.2) is 9.97 Å². The predicted octanol–water partition coefficient (Wildman–Crippen LogP) is 2.27. The molecule has 1 aliphatic heterocycles. The first-order valence-corrected chi connectivity index (χ1v) is 6.33. The van der Waals surface area contributed by atoms with Gasteiger partial charge >= 0.3 is 0 Å². The molecule has 2 aromatic rings. The summed E-state index contributed by atoms with van der Waals surface area (Å²) < 4.78 is 0. The Morgan fingerprint density at radius 3 is 2.89 bits per heavy atom. The summed E-state index contributed by atoms with van der Waals surface area (Å²) >= 11 is 0. The van der Waals surface area contributed by atoms with Crippen LogP contribution in [-0.4, -0.2) is 21.5 Å². The zero-order valence-corrected chi connectivity index (χ0v) is 10.4. The number of pyridine rings is 1. The highest BCUT2D eigenvalue weighted by Crippen LogP contribution is 2.23. The van der Waals surface area contributed by atoms with Crippen LogP contribution in [-0.2, 0) is 0 Å². The highest BCUT2D eigenvalue weighted by atomic mass is 15.0. The van der Waals surface area contributed by atoms with Crippen molar-refractivity contribution in [1.82, 2.24) is 20.3 Å². The summed E-state index contributed by atoms with van der Waals surface area (Å²) in [4.78, 5) is 13.5. The minimum absolute atomic E-state index is 0.298. The molecule has 0 saturated carbocycles. The van der Waals surface area contributed by atoms with E-state index in [9.17, 15) is 0 Å². The maximum absolute atomic E-state index is 4.65. The van der Waals surface area contributed by atoms with Crippen LogP contribution in [0.25, 0.3) is 11.4 Å². The van der Waals surface area contributed by atoms with Crippen molar-refractivity contribution in [3.05, 3.63) is 42.0 Å². The molecule has 4 heteroatoms. The average molecular weight is 240 g/mol. The maximum atomic E-state index is 4.65. The number of hydrogen-bond donors (Lipinski definition) is 1. The molecule has 1 atom stereocenters. The Bertz CT molecular complexity index is 533. The van der Waals surface area contributed by atoms with Crippen molar-refractivity contribution in [2.45, 2.75) is 25.8 Å². The highest BCUT2D eigenvalue weighted by Gasteiger charge is 2.19. The fraction of sp³-hybridized carbons (Fsp3) is 0.357. The van der Waals surface area contributed by atoms with E-state index in [4.69, 9.17) is 0 Å². The lowest BCUT2D eigenvalue weighted by molar-refractivity contribution is 0.603. The molecule has 0 radical (unpaired) electrons. The van der Waals surface area contributed by atoms with Crippen molar-refractivity contribution in [1.29, 1.82) is 0 Å². The zero-order valence-electron chi connectivity index (χ0n) is 10.4. The van der Waals surface area contributed by atoms with Gasteiger partial charge in [0.15, 0.2) is 0 Å². The molecule has 4 nitrogen and oxygen atoms in total. The molecule has 1 saturated heterocycles. The summed E-state index contributed by atoms with van der Waals surface area (Å²) in [6.07, 6.45) is 4.10. The molecule has 18 heavy (non-hydrogen) atoms. The molecule has 0 aliphatic carbocycles. The van der Waals surface area contributed by atoms with Crippen LogP contribution in [0.4, 0.5) is 0 Å². The fourth-order valence-corrected chi connectivity index (χ4v) is 2.30. The van der Waals surface area contributed by atoms with Crippen molar-refractivity contribution in [3.8, 4) is 11.4 Å². The SMILES string of the molecule is Cc1cc(-c2ccccn2)nc(C2CCCN2)n1. The molecule has 0 amide bonds. The molecule has 0 aromatic carbocycles. The first-order valence-electron chi connectivity index (χ1n) is 6.33. The second kappa shape index (κ2) is 4.82. The van der Waals surface area contributed by atoms with Crippen molar-refractivity contribution >= 4 is 0 Å². The van der Waals surface area contributed by atoms with Crippen LogP contribution in [0.5, 0.6) is 0 Å². The number of aryl methyl sites for hydroxylation is 1. The fourth-order valence-electron chi connectivity index (χ4n) is 2.30. The van der Waals surface area contributed by atoms with Crippen LogP contribution < -0.4 is 5.32 Å². The molecule has 3 heterocycles. The largest absolute Gasteiger partial charge is 0.307 e. The smallest absolute Gasteiger partial charge is 0.146 e.